The molecular formula is C22H20N8O. The minimum absolute atomic E-state index is 0.367. The second-order valence-electron chi connectivity index (χ2n) is 7.15. The van der Waals surface area contributed by atoms with E-state index < -0.39 is 0 Å². The minimum Gasteiger partial charge on any atom is -0.495 e. The van der Waals surface area contributed by atoms with Crippen LogP contribution in [0.5, 0.6) is 5.75 Å². The number of nitrogen functional groups attached to an aromatic ring is 1. The van der Waals surface area contributed by atoms with Gasteiger partial charge in [0.25, 0.3) is 0 Å². The number of aryl methyl sites for hydroxylation is 1. The summed E-state index contributed by atoms with van der Waals surface area (Å²) in [4.78, 5) is 13.3. The summed E-state index contributed by atoms with van der Waals surface area (Å²) in [5.74, 6) is 1.75. The Labute approximate surface area is 178 Å². The third-order valence-corrected chi connectivity index (χ3v) is 4.99. The number of anilines is 1. The molecule has 0 saturated carbocycles. The SMILES string of the molecule is COc1cc(-c2cn(Cc3nc(N)c4ccccc4n3)nn2)ccc1-n1cnc(C)c1. The third-order valence-electron chi connectivity index (χ3n) is 4.99. The molecule has 0 bridgehead atoms. The average Bonchev–Trinajstić information content (AvgIpc) is 3.42. The average molecular weight is 412 g/mol. The van der Waals surface area contributed by atoms with Gasteiger partial charge in [-0.2, -0.15) is 0 Å². The molecule has 3 aromatic heterocycles. The molecule has 0 unspecified atom stereocenters. The molecule has 0 spiro atoms. The predicted octanol–water partition coefficient (Wildman–Crippen LogP) is 3.02. The smallest absolute Gasteiger partial charge is 0.152 e. The van der Waals surface area contributed by atoms with Gasteiger partial charge in [-0.3, -0.25) is 0 Å². The molecule has 0 saturated heterocycles. The first-order chi connectivity index (χ1) is 15.1. The number of imidazole rings is 1. The maximum Gasteiger partial charge on any atom is 0.152 e. The fourth-order valence-corrected chi connectivity index (χ4v) is 3.48. The normalized spacial score (nSPS) is 11.2. The molecule has 2 aromatic carbocycles. The first kappa shape index (κ1) is 18.7. The van der Waals surface area contributed by atoms with Gasteiger partial charge in [0.15, 0.2) is 5.82 Å². The number of hydrogen-bond donors (Lipinski definition) is 1. The Bertz CT molecular complexity index is 1390. The molecule has 5 rings (SSSR count). The summed E-state index contributed by atoms with van der Waals surface area (Å²) in [5, 5.41) is 9.37. The molecule has 9 nitrogen and oxygen atoms in total. The fourth-order valence-electron chi connectivity index (χ4n) is 3.48. The van der Waals surface area contributed by atoms with Crippen LogP contribution in [0.15, 0.2) is 61.2 Å². The molecule has 0 aliphatic heterocycles. The van der Waals surface area contributed by atoms with Crippen molar-refractivity contribution in [2.75, 3.05) is 12.8 Å². The van der Waals surface area contributed by atoms with Gasteiger partial charge in [-0.05, 0) is 31.2 Å². The zero-order valence-electron chi connectivity index (χ0n) is 17.1. The maximum absolute atomic E-state index is 6.09. The molecule has 0 fully saturated rings. The number of para-hydroxylation sites is 1. The highest BCUT2D eigenvalue weighted by atomic mass is 16.5. The van der Waals surface area contributed by atoms with Gasteiger partial charge in [-0.15, -0.1) is 5.10 Å². The summed E-state index contributed by atoms with van der Waals surface area (Å²) >= 11 is 0. The van der Waals surface area contributed by atoms with Crippen LogP contribution in [0.3, 0.4) is 0 Å². The highest BCUT2D eigenvalue weighted by molar-refractivity contribution is 5.87. The van der Waals surface area contributed by atoms with Gasteiger partial charge in [0.2, 0.25) is 0 Å². The quantitative estimate of drug-likeness (QED) is 0.472. The predicted molar refractivity (Wildman–Crippen MR) is 117 cm³/mol. The third kappa shape index (κ3) is 3.57. The van der Waals surface area contributed by atoms with E-state index >= 15 is 0 Å². The summed E-state index contributed by atoms with van der Waals surface area (Å²) in [5.41, 5.74) is 10.3. The maximum atomic E-state index is 6.09. The topological polar surface area (TPSA) is 110 Å². The Balaban J connectivity index is 1.43. The lowest BCUT2D eigenvalue weighted by Crippen LogP contribution is -2.07. The van der Waals surface area contributed by atoms with Crippen molar-refractivity contribution in [2.24, 2.45) is 0 Å². The van der Waals surface area contributed by atoms with Crippen molar-refractivity contribution >= 4 is 16.7 Å². The van der Waals surface area contributed by atoms with Crippen LogP contribution in [0, 0.1) is 6.92 Å². The molecule has 0 amide bonds. The molecule has 9 heteroatoms. The van der Waals surface area contributed by atoms with E-state index in [0.717, 1.165) is 39.3 Å². The molecule has 154 valence electrons. The number of nitrogens with two attached hydrogens (primary N) is 1. The Hall–Kier alpha value is -4.27. The van der Waals surface area contributed by atoms with Gasteiger partial charge >= 0.3 is 0 Å². The molecule has 0 radical (unpaired) electrons. The molecule has 0 aliphatic carbocycles. The zero-order chi connectivity index (χ0) is 21.4. The van der Waals surface area contributed by atoms with E-state index in [1.165, 1.54) is 0 Å². The van der Waals surface area contributed by atoms with Crippen molar-refractivity contribution in [3.05, 3.63) is 72.7 Å². The van der Waals surface area contributed by atoms with E-state index in [0.29, 0.717) is 18.2 Å². The number of fused-ring (bicyclic) bond motifs is 1. The van der Waals surface area contributed by atoms with Gasteiger partial charge in [0, 0.05) is 17.1 Å². The monoisotopic (exact) mass is 412 g/mol. The summed E-state index contributed by atoms with van der Waals surface area (Å²) < 4.78 is 9.21. The van der Waals surface area contributed by atoms with Crippen LogP contribution < -0.4 is 10.5 Å². The van der Waals surface area contributed by atoms with Crippen molar-refractivity contribution in [3.63, 3.8) is 0 Å². The van der Waals surface area contributed by atoms with Gasteiger partial charge in [0.1, 0.15) is 23.8 Å². The van der Waals surface area contributed by atoms with Crippen LogP contribution in [0.25, 0.3) is 27.8 Å². The first-order valence-electron chi connectivity index (χ1n) is 9.71. The van der Waals surface area contributed by atoms with Crippen LogP contribution in [0.2, 0.25) is 0 Å². The van der Waals surface area contributed by atoms with E-state index in [9.17, 15) is 0 Å². The van der Waals surface area contributed by atoms with E-state index in [2.05, 4.69) is 25.3 Å². The lowest BCUT2D eigenvalue weighted by molar-refractivity contribution is 0.413. The van der Waals surface area contributed by atoms with Crippen LogP contribution in [0.1, 0.15) is 11.5 Å². The fraction of sp³-hybridized carbons (Fsp3) is 0.136. The summed E-state index contributed by atoms with van der Waals surface area (Å²) in [6, 6.07) is 13.5. The Morgan fingerprint density at radius 1 is 1.06 bits per heavy atom. The van der Waals surface area contributed by atoms with Gasteiger partial charge in [0.05, 0.1) is 36.5 Å². The molecule has 0 atom stereocenters. The van der Waals surface area contributed by atoms with E-state index in [-0.39, 0.29) is 0 Å². The van der Waals surface area contributed by atoms with E-state index in [4.69, 9.17) is 10.5 Å². The minimum atomic E-state index is 0.367. The summed E-state index contributed by atoms with van der Waals surface area (Å²) in [6.07, 6.45) is 5.56. The van der Waals surface area contributed by atoms with Crippen molar-refractivity contribution in [2.45, 2.75) is 13.5 Å². The zero-order valence-corrected chi connectivity index (χ0v) is 17.1. The number of rotatable bonds is 5. The molecular weight excluding hydrogens is 392 g/mol. The Morgan fingerprint density at radius 3 is 2.74 bits per heavy atom. The van der Waals surface area contributed by atoms with Crippen molar-refractivity contribution in [1.29, 1.82) is 0 Å². The van der Waals surface area contributed by atoms with Crippen LogP contribution in [-0.2, 0) is 6.54 Å². The summed E-state index contributed by atoms with van der Waals surface area (Å²) in [6.45, 7) is 2.31. The van der Waals surface area contributed by atoms with E-state index in [1.54, 1.807) is 18.1 Å². The number of methoxy groups -OCH3 is 1. The van der Waals surface area contributed by atoms with Gasteiger partial charge in [-0.25, -0.2) is 19.6 Å². The second-order valence-corrected chi connectivity index (χ2v) is 7.15. The highest BCUT2D eigenvalue weighted by Gasteiger charge is 2.12. The second kappa shape index (κ2) is 7.52. The van der Waals surface area contributed by atoms with Crippen LogP contribution in [-0.4, -0.2) is 41.6 Å². The van der Waals surface area contributed by atoms with Crippen LogP contribution >= 0.6 is 0 Å². The lowest BCUT2D eigenvalue weighted by atomic mass is 10.1. The lowest BCUT2D eigenvalue weighted by Gasteiger charge is -2.10. The summed E-state index contributed by atoms with van der Waals surface area (Å²) in [7, 11) is 1.64. The van der Waals surface area contributed by atoms with Crippen molar-refractivity contribution in [1.82, 2.24) is 34.5 Å². The largest absolute Gasteiger partial charge is 0.495 e. The molecule has 3 heterocycles. The van der Waals surface area contributed by atoms with Crippen molar-refractivity contribution < 1.29 is 4.74 Å². The highest BCUT2D eigenvalue weighted by Crippen LogP contribution is 2.29. The van der Waals surface area contributed by atoms with E-state index in [1.807, 2.05) is 66.3 Å². The number of hydrogen-bond acceptors (Lipinski definition) is 7. The number of nitrogens with zero attached hydrogens (tertiary/aromatic N) is 7. The van der Waals surface area contributed by atoms with Gasteiger partial charge < -0.3 is 15.0 Å². The molecule has 0 aliphatic rings. The Kier molecular flexibility index (Phi) is 4.55. The Morgan fingerprint density at radius 2 is 1.94 bits per heavy atom. The molecule has 31 heavy (non-hydrogen) atoms. The molecule has 2 N–H and O–H groups in total. The van der Waals surface area contributed by atoms with Crippen LogP contribution in [0.4, 0.5) is 5.82 Å². The number of benzene rings is 2. The number of ether oxygens (including phenoxy) is 1. The number of aromatic nitrogens is 7. The standard InChI is InChI=1S/C22H20N8O/c1-14-10-29(13-24-14)19-8-7-15(9-20(19)31-2)18-11-30(28-27-18)12-21-25-17-6-4-3-5-16(17)22(23)26-21/h3-11,13H,12H2,1-2H3,(H2,23,25,26). The first-order valence-corrected chi connectivity index (χ1v) is 9.71. The van der Waals surface area contributed by atoms with Crippen molar-refractivity contribution in [3.8, 4) is 22.7 Å². The molecule has 5 aromatic rings. The van der Waals surface area contributed by atoms with Gasteiger partial charge in [-0.1, -0.05) is 23.4 Å².